The number of carbonyl (C=O) groups excluding carboxylic acids is 1. The quantitative estimate of drug-likeness (QED) is 0.819. The van der Waals surface area contributed by atoms with Crippen LogP contribution in [0.1, 0.15) is 20.8 Å². The Morgan fingerprint density at radius 2 is 1.75 bits per heavy atom. The summed E-state index contributed by atoms with van der Waals surface area (Å²) < 4.78 is 0. The number of anilines is 1. The van der Waals surface area contributed by atoms with Gasteiger partial charge in [0.25, 0.3) is 0 Å². The Balaban J connectivity index is 2.59. The first-order chi connectivity index (χ1) is 7.52. The molecule has 0 saturated carbocycles. The van der Waals surface area contributed by atoms with E-state index in [1.807, 2.05) is 44.2 Å². The molecule has 2 atom stereocenters. The topological polar surface area (TPSA) is 49.3 Å². The summed E-state index contributed by atoms with van der Waals surface area (Å²) in [4.78, 5) is 11.8. The van der Waals surface area contributed by atoms with Gasteiger partial charge in [0.05, 0.1) is 12.0 Å². The van der Waals surface area contributed by atoms with Crippen LogP contribution >= 0.6 is 0 Å². The maximum absolute atomic E-state index is 11.8. The number of aliphatic hydroxyl groups is 1. The van der Waals surface area contributed by atoms with Crippen molar-refractivity contribution in [1.82, 2.24) is 0 Å². The zero-order valence-electron chi connectivity index (χ0n) is 9.97. The highest BCUT2D eigenvalue weighted by molar-refractivity contribution is 5.92. The van der Waals surface area contributed by atoms with Crippen LogP contribution in [0.2, 0.25) is 0 Å². The van der Waals surface area contributed by atoms with Gasteiger partial charge in [0.15, 0.2) is 0 Å². The van der Waals surface area contributed by atoms with Gasteiger partial charge in [-0.05, 0) is 18.1 Å². The van der Waals surface area contributed by atoms with E-state index in [1.54, 1.807) is 6.92 Å². The second kappa shape index (κ2) is 5.66. The predicted molar refractivity (Wildman–Crippen MR) is 65.1 cm³/mol. The van der Waals surface area contributed by atoms with Gasteiger partial charge < -0.3 is 10.4 Å². The van der Waals surface area contributed by atoms with Crippen molar-refractivity contribution in [3.8, 4) is 0 Å². The summed E-state index contributed by atoms with van der Waals surface area (Å²) in [6, 6.07) is 9.26. The van der Waals surface area contributed by atoms with Crippen molar-refractivity contribution in [2.45, 2.75) is 26.9 Å². The lowest BCUT2D eigenvalue weighted by molar-refractivity contribution is -0.123. The maximum Gasteiger partial charge on any atom is 0.229 e. The molecule has 0 spiro atoms. The van der Waals surface area contributed by atoms with Crippen molar-refractivity contribution in [3.63, 3.8) is 0 Å². The number of hydrogen-bond acceptors (Lipinski definition) is 2. The number of amides is 1. The normalized spacial score (nSPS) is 14.6. The van der Waals surface area contributed by atoms with Crippen molar-refractivity contribution in [3.05, 3.63) is 30.3 Å². The van der Waals surface area contributed by atoms with Crippen LogP contribution in [0.15, 0.2) is 30.3 Å². The first-order valence-electron chi connectivity index (χ1n) is 5.56. The smallest absolute Gasteiger partial charge is 0.229 e. The van der Waals surface area contributed by atoms with E-state index in [0.717, 1.165) is 5.69 Å². The molecule has 3 nitrogen and oxygen atoms in total. The van der Waals surface area contributed by atoms with Crippen LogP contribution in [-0.2, 0) is 4.79 Å². The second-order valence-electron chi connectivity index (χ2n) is 4.38. The molecule has 0 radical (unpaired) electrons. The van der Waals surface area contributed by atoms with Gasteiger partial charge in [-0.25, -0.2) is 0 Å². The molecule has 0 bridgehead atoms. The van der Waals surface area contributed by atoms with E-state index in [-0.39, 0.29) is 11.8 Å². The second-order valence-corrected chi connectivity index (χ2v) is 4.38. The van der Waals surface area contributed by atoms with Crippen molar-refractivity contribution >= 4 is 11.6 Å². The van der Waals surface area contributed by atoms with Gasteiger partial charge in [0.1, 0.15) is 0 Å². The molecular weight excluding hydrogens is 202 g/mol. The maximum atomic E-state index is 11.8. The molecule has 1 rings (SSSR count). The van der Waals surface area contributed by atoms with E-state index in [9.17, 15) is 9.90 Å². The molecule has 88 valence electrons. The fourth-order valence-electron chi connectivity index (χ4n) is 1.51. The van der Waals surface area contributed by atoms with E-state index in [0.29, 0.717) is 0 Å². The number of carbonyl (C=O) groups is 1. The zero-order chi connectivity index (χ0) is 12.1. The molecule has 16 heavy (non-hydrogen) atoms. The Morgan fingerprint density at radius 3 is 2.25 bits per heavy atom. The molecule has 1 amide bonds. The average Bonchev–Trinajstić information content (AvgIpc) is 2.28. The first kappa shape index (κ1) is 12.7. The van der Waals surface area contributed by atoms with Crippen molar-refractivity contribution < 1.29 is 9.90 Å². The lowest BCUT2D eigenvalue weighted by Gasteiger charge is -2.21. The lowest BCUT2D eigenvalue weighted by atomic mass is 9.94. The van der Waals surface area contributed by atoms with Crippen LogP contribution in [0.4, 0.5) is 5.69 Å². The lowest BCUT2D eigenvalue weighted by Crippen LogP contribution is -2.33. The van der Waals surface area contributed by atoms with Gasteiger partial charge in [-0.3, -0.25) is 4.79 Å². The van der Waals surface area contributed by atoms with E-state index in [4.69, 9.17) is 0 Å². The number of hydrogen-bond donors (Lipinski definition) is 2. The van der Waals surface area contributed by atoms with Crippen molar-refractivity contribution in [2.75, 3.05) is 5.32 Å². The standard InChI is InChI=1S/C13H19NO2/c1-9(2)12(15)10(3)13(16)14-11-7-5-4-6-8-11/h4-10,12,15H,1-3H3,(H,14,16)/t10-,12-/m0/s1. The van der Waals surface area contributed by atoms with Gasteiger partial charge >= 0.3 is 0 Å². The molecule has 0 aromatic heterocycles. The van der Waals surface area contributed by atoms with Gasteiger partial charge in [-0.1, -0.05) is 39.0 Å². The molecule has 0 unspecified atom stereocenters. The molecule has 0 heterocycles. The average molecular weight is 221 g/mol. The largest absolute Gasteiger partial charge is 0.392 e. The SMILES string of the molecule is CC(C)[C@H](O)[C@H](C)C(=O)Nc1ccccc1. The molecule has 0 fully saturated rings. The summed E-state index contributed by atoms with van der Waals surface area (Å²) >= 11 is 0. The highest BCUT2D eigenvalue weighted by Gasteiger charge is 2.24. The Hall–Kier alpha value is -1.35. The van der Waals surface area contributed by atoms with E-state index in [1.165, 1.54) is 0 Å². The third-order valence-electron chi connectivity index (χ3n) is 2.65. The Morgan fingerprint density at radius 1 is 1.19 bits per heavy atom. The van der Waals surface area contributed by atoms with E-state index >= 15 is 0 Å². The van der Waals surface area contributed by atoms with Crippen molar-refractivity contribution in [1.29, 1.82) is 0 Å². The number of aliphatic hydroxyl groups excluding tert-OH is 1. The van der Waals surface area contributed by atoms with Crippen LogP contribution in [0, 0.1) is 11.8 Å². The molecule has 0 saturated heterocycles. The van der Waals surface area contributed by atoms with Crippen LogP contribution in [0.25, 0.3) is 0 Å². The Labute approximate surface area is 96.5 Å². The van der Waals surface area contributed by atoms with Gasteiger partial charge in [0, 0.05) is 5.69 Å². The summed E-state index contributed by atoms with van der Waals surface area (Å²) in [5.74, 6) is -0.468. The highest BCUT2D eigenvalue weighted by Crippen LogP contribution is 2.15. The Kier molecular flexibility index (Phi) is 4.50. The van der Waals surface area contributed by atoms with Crippen molar-refractivity contribution in [2.24, 2.45) is 11.8 Å². The van der Waals surface area contributed by atoms with Gasteiger partial charge in [-0.15, -0.1) is 0 Å². The highest BCUT2D eigenvalue weighted by atomic mass is 16.3. The minimum atomic E-state index is -0.608. The molecule has 0 aliphatic heterocycles. The van der Waals surface area contributed by atoms with Crippen LogP contribution in [0.5, 0.6) is 0 Å². The monoisotopic (exact) mass is 221 g/mol. The summed E-state index contributed by atoms with van der Waals surface area (Å²) in [6.07, 6.45) is -0.608. The van der Waals surface area contributed by atoms with Crippen LogP contribution in [0.3, 0.4) is 0 Å². The number of para-hydroxylation sites is 1. The molecule has 0 aliphatic carbocycles. The Bertz CT molecular complexity index is 335. The summed E-state index contributed by atoms with van der Waals surface area (Å²) in [6.45, 7) is 5.54. The minimum Gasteiger partial charge on any atom is -0.392 e. The van der Waals surface area contributed by atoms with Gasteiger partial charge in [-0.2, -0.15) is 0 Å². The molecular formula is C13H19NO2. The van der Waals surface area contributed by atoms with Crippen LogP contribution < -0.4 is 5.32 Å². The van der Waals surface area contributed by atoms with Gasteiger partial charge in [0.2, 0.25) is 5.91 Å². The molecule has 1 aromatic rings. The first-order valence-corrected chi connectivity index (χ1v) is 5.56. The third-order valence-corrected chi connectivity index (χ3v) is 2.65. The summed E-state index contributed by atoms with van der Waals surface area (Å²) in [5.41, 5.74) is 0.760. The molecule has 0 aliphatic rings. The third kappa shape index (κ3) is 3.35. The number of benzene rings is 1. The fourth-order valence-corrected chi connectivity index (χ4v) is 1.51. The molecule has 3 heteroatoms. The van der Waals surface area contributed by atoms with E-state index < -0.39 is 12.0 Å². The molecule has 2 N–H and O–H groups in total. The fraction of sp³-hybridized carbons (Fsp3) is 0.462. The van der Waals surface area contributed by atoms with Crippen LogP contribution in [-0.4, -0.2) is 17.1 Å². The molecule has 1 aromatic carbocycles. The number of rotatable bonds is 4. The minimum absolute atomic E-state index is 0.0801. The zero-order valence-corrected chi connectivity index (χ0v) is 9.97. The predicted octanol–water partition coefficient (Wildman–Crippen LogP) is 2.28. The van der Waals surface area contributed by atoms with E-state index in [2.05, 4.69) is 5.32 Å². The number of nitrogens with one attached hydrogen (secondary N) is 1. The summed E-state index contributed by atoms with van der Waals surface area (Å²) in [7, 11) is 0. The summed E-state index contributed by atoms with van der Waals surface area (Å²) in [5, 5.41) is 12.6.